The maximum absolute atomic E-state index is 13.1. The number of carbonyl (C=O) groups excluding carboxylic acids is 1. The van der Waals surface area contributed by atoms with Crippen molar-refractivity contribution in [2.24, 2.45) is 0 Å². The lowest BCUT2D eigenvalue weighted by atomic mass is 10.1. The summed E-state index contributed by atoms with van der Waals surface area (Å²) in [7, 11) is 1.58. The van der Waals surface area contributed by atoms with E-state index in [1.807, 2.05) is 24.3 Å². The molecule has 0 aromatic heterocycles. The smallest absolute Gasteiger partial charge is 0.231 e. The molecule has 1 aliphatic rings. The van der Waals surface area contributed by atoms with Crippen LogP contribution in [0.3, 0.4) is 0 Å². The van der Waals surface area contributed by atoms with Crippen LogP contribution in [0.5, 0.6) is 17.2 Å². The average Bonchev–Trinajstić information content (AvgIpc) is 3.02. The molecule has 4 rings (SSSR count). The van der Waals surface area contributed by atoms with E-state index in [2.05, 4.69) is 0 Å². The number of ether oxygens (including phenoxy) is 3. The maximum Gasteiger partial charge on any atom is 0.231 e. The third kappa shape index (κ3) is 4.10. The predicted octanol–water partition coefficient (Wildman–Crippen LogP) is 5.68. The third-order valence-electron chi connectivity index (χ3n) is 4.44. The van der Waals surface area contributed by atoms with Gasteiger partial charge in [0.25, 0.3) is 0 Å². The van der Waals surface area contributed by atoms with Crippen molar-refractivity contribution in [2.75, 3.05) is 7.11 Å². The summed E-state index contributed by atoms with van der Waals surface area (Å²) in [4.78, 5) is 12.6. The first-order chi connectivity index (χ1) is 14.0. The van der Waals surface area contributed by atoms with E-state index < -0.39 is 5.82 Å². The van der Waals surface area contributed by atoms with E-state index in [0.717, 1.165) is 5.56 Å². The standard InChI is InChI=1S/C23H16ClFO4/c1-27-17-4-2-3-14(9-17)10-22-23(26)19-8-7-18(12-21(19)29-22)28-13-15-5-6-16(25)11-20(15)24/h2-12H,13H2,1H3/b22-10-. The van der Waals surface area contributed by atoms with Crippen molar-refractivity contribution >= 4 is 23.5 Å². The number of hydrogen-bond donors (Lipinski definition) is 0. The van der Waals surface area contributed by atoms with Gasteiger partial charge in [0.05, 0.1) is 17.7 Å². The second-order valence-corrected chi connectivity index (χ2v) is 6.81. The topological polar surface area (TPSA) is 44.8 Å². The number of allylic oxidation sites excluding steroid dienone is 1. The fraction of sp³-hybridized carbons (Fsp3) is 0.0870. The van der Waals surface area contributed by atoms with E-state index in [1.54, 1.807) is 37.5 Å². The molecule has 3 aromatic rings. The SMILES string of the molecule is COc1cccc(/C=C2\Oc3cc(OCc4ccc(F)cc4Cl)ccc3C2=O)c1. The van der Waals surface area contributed by atoms with Crippen LogP contribution in [0.1, 0.15) is 21.5 Å². The van der Waals surface area contributed by atoms with Gasteiger partial charge >= 0.3 is 0 Å². The van der Waals surface area contributed by atoms with E-state index in [-0.39, 0.29) is 18.1 Å². The highest BCUT2D eigenvalue weighted by molar-refractivity contribution is 6.31. The first-order valence-electron chi connectivity index (χ1n) is 8.82. The lowest BCUT2D eigenvalue weighted by molar-refractivity contribution is 0.101. The van der Waals surface area contributed by atoms with Gasteiger partial charge in [-0.05, 0) is 48.0 Å². The van der Waals surface area contributed by atoms with Gasteiger partial charge in [0.2, 0.25) is 5.78 Å². The number of carbonyl (C=O) groups is 1. The van der Waals surface area contributed by atoms with Crippen molar-refractivity contribution in [1.29, 1.82) is 0 Å². The molecule has 0 N–H and O–H groups in total. The Labute approximate surface area is 172 Å². The predicted molar refractivity (Wildman–Crippen MR) is 108 cm³/mol. The fourth-order valence-electron chi connectivity index (χ4n) is 2.94. The van der Waals surface area contributed by atoms with Crippen molar-refractivity contribution < 1.29 is 23.4 Å². The molecular weight excluding hydrogens is 395 g/mol. The lowest BCUT2D eigenvalue weighted by Crippen LogP contribution is -1.98. The molecule has 0 fully saturated rings. The Morgan fingerprint density at radius 1 is 1.07 bits per heavy atom. The maximum atomic E-state index is 13.1. The summed E-state index contributed by atoms with van der Waals surface area (Å²) in [6.45, 7) is 0.165. The van der Waals surface area contributed by atoms with Gasteiger partial charge in [-0.25, -0.2) is 4.39 Å². The van der Waals surface area contributed by atoms with E-state index in [0.29, 0.717) is 33.4 Å². The van der Waals surface area contributed by atoms with Crippen LogP contribution < -0.4 is 14.2 Å². The molecule has 146 valence electrons. The van der Waals surface area contributed by atoms with Crippen LogP contribution in [0, 0.1) is 5.82 Å². The molecular formula is C23H16ClFO4. The van der Waals surface area contributed by atoms with E-state index in [1.165, 1.54) is 12.1 Å². The normalized spacial score (nSPS) is 13.9. The van der Waals surface area contributed by atoms with Crippen molar-refractivity contribution in [2.45, 2.75) is 6.61 Å². The molecule has 0 spiro atoms. The van der Waals surface area contributed by atoms with Gasteiger partial charge in [-0.15, -0.1) is 0 Å². The van der Waals surface area contributed by atoms with Gasteiger partial charge in [0, 0.05) is 11.6 Å². The van der Waals surface area contributed by atoms with Crippen LogP contribution in [0.4, 0.5) is 4.39 Å². The van der Waals surface area contributed by atoms with Gasteiger partial charge in [0.15, 0.2) is 5.76 Å². The highest BCUT2D eigenvalue weighted by Gasteiger charge is 2.27. The summed E-state index contributed by atoms with van der Waals surface area (Å²) >= 11 is 6.02. The molecule has 3 aromatic carbocycles. The zero-order valence-corrected chi connectivity index (χ0v) is 16.2. The van der Waals surface area contributed by atoms with Crippen molar-refractivity contribution in [3.63, 3.8) is 0 Å². The summed E-state index contributed by atoms with van der Waals surface area (Å²) in [5.74, 6) is 1.25. The molecule has 0 atom stereocenters. The van der Waals surface area contributed by atoms with Crippen LogP contribution in [-0.2, 0) is 6.61 Å². The molecule has 0 saturated carbocycles. The number of fused-ring (bicyclic) bond motifs is 1. The van der Waals surface area contributed by atoms with Crippen molar-refractivity contribution in [3.8, 4) is 17.2 Å². The highest BCUT2D eigenvalue weighted by Crippen LogP contribution is 2.35. The molecule has 0 aliphatic carbocycles. The fourth-order valence-corrected chi connectivity index (χ4v) is 3.16. The molecule has 4 nitrogen and oxygen atoms in total. The van der Waals surface area contributed by atoms with E-state index >= 15 is 0 Å². The second kappa shape index (κ2) is 7.97. The highest BCUT2D eigenvalue weighted by atomic mass is 35.5. The number of rotatable bonds is 5. The van der Waals surface area contributed by atoms with Crippen LogP contribution >= 0.6 is 11.6 Å². The molecule has 0 radical (unpaired) electrons. The number of hydrogen-bond acceptors (Lipinski definition) is 4. The van der Waals surface area contributed by atoms with Gasteiger partial charge in [-0.2, -0.15) is 0 Å². The molecule has 6 heteroatoms. The number of ketones is 1. The number of Topliss-reactive ketones (excluding diaryl/α,β-unsaturated/α-hetero) is 1. The Kier molecular flexibility index (Phi) is 5.23. The Balaban J connectivity index is 1.51. The first kappa shape index (κ1) is 19.0. The van der Waals surface area contributed by atoms with Crippen molar-refractivity contribution in [1.82, 2.24) is 0 Å². The molecule has 29 heavy (non-hydrogen) atoms. The molecule has 1 heterocycles. The van der Waals surface area contributed by atoms with E-state index in [4.69, 9.17) is 25.8 Å². The lowest BCUT2D eigenvalue weighted by Gasteiger charge is -2.08. The minimum Gasteiger partial charge on any atom is -0.497 e. The Bertz CT molecular complexity index is 1120. The average molecular weight is 411 g/mol. The summed E-state index contributed by atoms with van der Waals surface area (Å²) in [6, 6.07) is 16.5. The summed E-state index contributed by atoms with van der Waals surface area (Å²) in [5.41, 5.74) is 1.92. The van der Waals surface area contributed by atoms with Gasteiger partial charge in [-0.3, -0.25) is 4.79 Å². The minimum absolute atomic E-state index is 0.165. The minimum atomic E-state index is -0.404. The molecule has 0 amide bonds. The van der Waals surface area contributed by atoms with Crippen LogP contribution in [0.2, 0.25) is 5.02 Å². The summed E-state index contributed by atoms with van der Waals surface area (Å²) < 4.78 is 29.8. The molecule has 1 aliphatic heterocycles. The zero-order valence-electron chi connectivity index (χ0n) is 15.4. The summed E-state index contributed by atoms with van der Waals surface area (Å²) in [6.07, 6.45) is 1.67. The van der Waals surface area contributed by atoms with Crippen molar-refractivity contribution in [3.05, 3.63) is 94.0 Å². The molecule has 0 unspecified atom stereocenters. The van der Waals surface area contributed by atoms with Gasteiger partial charge in [-0.1, -0.05) is 29.8 Å². The zero-order chi connectivity index (χ0) is 20.4. The monoisotopic (exact) mass is 410 g/mol. The molecule has 0 saturated heterocycles. The number of methoxy groups -OCH3 is 1. The quantitative estimate of drug-likeness (QED) is 0.507. The summed E-state index contributed by atoms with van der Waals surface area (Å²) in [5, 5.41) is 0.293. The van der Waals surface area contributed by atoms with Gasteiger partial charge < -0.3 is 14.2 Å². The Morgan fingerprint density at radius 3 is 2.72 bits per heavy atom. The Morgan fingerprint density at radius 2 is 1.93 bits per heavy atom. The Hall–Kier alpha value is -3.31. The largest absolute Gasteiger partial charge is 0.497 e. The van der Waals surface area contributed by atoms with E-state index in [9.17, 15) is 9.18 Å². The van der Waals surface area contributed by atoms with Gasteiger partial charge in [0.1, 0.15) is 29.7 Å². The molecule has 0 bridgehead atoms. The second-order valence-electron chi connectivity index (χ2n) is 6.40. The number of halogens is 2. The number of benzene rings is 3. The van der Waals surface area contributed by atoms with Crippen LogP contribution in [-0.4, -0.2) is 12.9 Å². The third-order valence-corrected chi connectivity index (χ3v) is 4.79. The van der Waals surface area contributed by atoms with Crippen LogP contribution in [0.15, 0.2) is 66.4 Å². The first-order valence-corrected chi connectivity index (χ1v) is 9.20. The van der Waals surface area contributed by atoms with Crippen LogP contribution in [0.25, 0.3) is 6.08 Å².